The van der Waals surface area contributed by atoms with Gasteiger partial charge in [-0.15, -0.1) is 5.10 Å². The number of benzene rings is 1. The zero-order valence-corrected chi connectivity index (χ0v) is 16.0. The Morgan fingerprint density at radius 3 is 2.37 bits per heavy atom. The van der Waals surface area contributed by atoms with Crippen LogP contribution < -0.4 is 5.46 Å². The van der Waals surface area contributed by atoms with Crippen LogP contribution in [-0.4, -0.2) is 47.3 Å². The monoisotopic (exact) mass is 383 g/mol. The molecule has 1 N–H and O–H groups in total. The number of halogens is 3. The molecule has 0 bridgehead atoms. The summed E-state index contributed by atoms with van der Waals surface area (Å²) in [5.74, 6) is -3.29. The van der Waals surface area contributed by atoms with Crippen LogP contribution >= 0.6 is 0 Å². The summed E-state index contributed by atoms with van der Waals surface area (Å²) in [6.45, 7) is 6.92. The SMILES string of the molecule is COCCn1cc(-c2ccc([B]OC(C)(C)C(C)(C)O)c(F)c2F)c(F)n1. The van der Waals surface area contributed by atoms with Gasteiger partial charge in [-0.2, -0.15) is 4.39 Å². The molecule has 0 saturated carbocycles. The maximum Gasteiger partial charge on any atom is 0.334 e. The van der Waals surface area contributed by atoms with Gasteiger partial charge in [-0.1, -0.05) is 12.1 Å². The first kappa shape index (κ1) is 21.5. The molecule has 1 heterocycles. The molecule has 0 unspecified atom stereocenters. The molecule has 0 amide bonds. The van der Waals surface area contributed by atoms with Gasteiger partial charge in [0.1, 0.15) is 0 Å². The van der Waals surface area contributed by atoms with E-state index >= 15 is 0 Å². The third-order valence-corrected chi connectivity index (χ3v) is 4.60. The van der Waals surface area contributed by atoms with E-state index in [-0.39, 0.29) is 23.1 Å². The molecule has 2 rings (SSSR count). The number of nitrogens with zero attached hydrogens (tertiary/aromatic N) is 2. The summed E-state index contributed by atoms with van der Waals surface area (Å²) in [5, 5.41) is 13.7. The van der Waals surface area contributed by atoms with Crippen LogP contribution in [0.1, 0.15) is 27.7 Å². The number of ether oxygens (including phenoxy) is 1. The Morgan fingerprint density at radius 2 is 1.78 bits per heavy atom. The average Bonchev–Trinajstić information content (AvgIpc) is 2.94. The molecule has 0 atom stereocenters. The fraction of sp³-hybridized carbons (Fsp3) is 0.500. The van der Waals surface area contributed by atoms with Gasteiger partial charge in [0.25, 0.3) is 0 Å². The fourth-order valence-corrected chi connectivity index (χ4v) is 2.10. The standard InChI is InChI=1S/C18H23BF3N2O3/c1-17(2,25)18(3,4)27-19-13-7-6-11(14(20)15(13)21)12-10-24(8-9-26-5)23-16(12)22/h6-7,10,25H,8-9H2,1-5H3. The molecule has 147 valence electrons. The highest BCUT2D eigenvalue weighted by Gasteiger charge is 2.36. The average molecular weight is 383 g/mol. The number of hydrogen-bond acceptors (Lipinski definition) is 4. The maximum atomic E-state index is 14.5. The van der Waals surface area contributed by atoms with E-state index in [0.717, 1.165) is 7.48 Å². The van der Waals surface area contributed by atoms with Crippen LogP contribution in [0.4, 0.5) is 13.2 Å². The van der Waals surface area contributed by atoms with Crippen molar-refractivity contribution in [3.05, 3.63) is 35.9 Å². The summed E-state index contributed by atoms with van der Waals surface area (Å²) in [5.41, 5.74) is -2.79. The van der Waals surface area contributed by atoms with E-state index in [1.54, 1.807) is 27.7 Å². The Labute approximate surface area is 157 Å². The van der Waals surface area contributed by atoms with Gasteiger partial charge >= 0.3 is 7.48 Å². The van der Waals surface area contributed by atoms with Gasteiger partial charge < -0.3 is 14.5 Å². The van der Waals surface area contributed by atoms with E-state index in [1.807, 2.05) is 0 Å². The van der Waals surface area contributed by atoms with E-state index in [2.05, 4.69) is 5.10 Å². The molecule has 9 heteroatoms. The summed E-state index contributed by atoms with van der Waals surface area (Å²) in [6.07, 6.45) is 1.30. The summed E-state index contributed by atoms with van der Waals surface area (Å²) < 4.78 is 54.6. The van der Waals surface area contributed by atoms with Crippen molar-refractivity contribution in [1.29, 1.82) is 0 Å². The molecule has 0 aliphatic heterocycles. The van der Waals surface area contributed by atoms with Crippen LogP contribution in [0.15, 0.2) is 18.3 Å². The van der Waals surface area contributed by atoms with E-state index in [4.69, 9.17) is 9.39 Å². The molecule has 0 saturated heterocycles. The molecule has 1 aromatic heterocycles. The Balaban J connectivity index is 2.26. The second-order valence-electron chi connectivity index (χ2n) is 7.22. The lowest BCUT2D eigenvalue weighted by Gasteiger charge is -2.37. The lowest BCUT2D eigenvalue weighted by molar-refractivity contribution is -0.0893. The largest absolute Gasteiger partial charge is 0.427 e. The number of hydrogen-bond donors (Lipinski definition) is 1. The minimum Gasteiger partial charge on any atom is -0.427 e. The number of methoxy groups -OCH3 is 1. The van der Waals surface area contributed by atoms with Crippen LogP contribution in [0.5, 0.6) is 0 Å². The second kappa shape index (κ2) is 8.04. The number of rotatable bonds is 8. The van der Waals surface area contributed by atoms with Crippen molar-refractivity contribution in [1.82, 2.24) is 9.78 Å². The molecular formula is C18H23BF3N2O3. The van der Waals surface area contributed by atoms with E-state index in [0.29, 0.717) is 6.61 Å². The summed E-state index contributed by atoms with van der Waals surface area (Å²) in [6, 6.07) is 2.53. The van der Waals surface area contributed by atoms with Crippen molar-refractivity contribution in [3.63, 3.8) is 0 Å². The first-order valence-corrected chi connectivity index (χ1v) is 8.41. The van der Waals surface area contributed by atoms with E-state index in [9.17, 15) is 18.3 Å². The molecule has 0 spiro atoms. The summed E-state index contributed by atoms with van der Waals surface area (Å²) >= 11 is 0. The Kier molecular flexibility index (Phi) is 6.39. The highest BCUT2D eigenvalue weighted by Crippen LogP contribution is 2.27. The highest BCUT2D eigenvalue weighted by atomic mass is 19.2. The van der Waals surface area contributed by atoms with Gasteiger partial charge in [0.05, 0.1) is 29.9 Å². The quantitative estimate of drug-likeness (QED) is 0.712. The minimum atomic E-state index is -1.21. The van der Waals surface area contributed by atoms with Gasteiger partial charge in [-0.05, 0) is 33.2 Å². The molecule has 0 fully saturated rings. The first-order valence-electron chi connectivity index (χ1n) is 8.41. The van der Waals surface area contributed by atoms with Gasteiger partial charge in [0.15, 0.2) is 11.6 Å². The smallest absolute Gasteiger partial charge is 0.334 e. The molecule has 1 aromatic carbocycles. The normalized spacial score (nSPS) is 12.5. The van der Waals surface area contributed by atoms with Crippen LogP contribution in [0, 0.1) is 17.6 Å². The van der Waals surface area contributed by atoms with E-state index in [1.165, 1.54) is 30.1 Å². The predicted octanol–water partition coefficient (Wildman–Crippen LogP) is 2.42. The maximum absolute atomic E-state index is 14.5. The topological polar surface area (TPSA) is 56.5 Å². The van der Waals surface area contributed by atoms with Crippen molar-refractivity contribution >= 4 is 12.9 Å². The van der Waals surface area contributed by atoms with E-state index < -0.39 is 28.8 Å². The number of aromatic nitrogens is 2. The van der Waals surface area contributed by atoms with Crippen LogP contribution in [0.25, 0.3) is 11.1 Å². The third-order valence-electron chi connectivity index (χ3n) is 4.60. The molecular weight excluding hydrogens is 360 g/mol. The zero-order chi connectivity index (χ0) is 20.4. The molecule has 0 aliphatic carbocycles. The van der Waals surface area contributed by atoms with Crippen LogP contribution in [-0.2, 0) is 15.9 Å². The zero-order valence-electron chi connectivity index (χ0n) is 16.0. The molecule has 0 aliphatic rings. The molecule has 2 aromatic rings. The van der Waals surface area contributed by atoms with Crippen molar-refractivity contribution in [2.75, 3.05) is 13.7 Å². The fourth-order valence-electron chi connectivity index (χ4n) is 2.10. The van der Waals surface area contributed by atoms with Crippen molar-refractivity contribution < 1.29 is 27.7 Å². The van der Waals surface area contributed by atoms with Crippen LogP contribution in [0.3, 0.4) is 0 Å². The molecule has 5 nitrogen and oxygen atoms in total. The highest BCUT2D eigenvalue weighted by molar-refractivity contribution is 6.47. The first-order chi connectivity index (χ1) is 12.5. The van der Waals surface area contributed by atoms with Crippen molar-refractivity contribution in [2.45, 2.75) is 45.4 Å². The minimum absolute atomic E-state index is 0.146. The van der Waals surface area contributed by atoms with Gasteiger partial charge in [-0.25, -0.2) is 8.78 Å². The van der Waals surface area contributed by atoms with Gasteiger partial charge in [-0.3, -0.25) is 4.68 Å². The van der Waals surface area contributed by atoms with Crippen molar-refractivity contribution in [2.24, 2.45) is 0 Å². The lowest BCUT2D eigenvalue weighted by Crippen LogP contribution is -2.49. The van der Waals surface area contributed by atoms with Gasteiger partial charge in [0.2, 0.25) is 5.95 Å². The Morgan fingerprint density at radius 1 is 1.11 bits per heavy atom. The second-order valence-corrected chi connectivity index (χ2v) is 7.22. The van der Waals surface area contributed by atoms with Gasteiger partial charge in [0, 0.05) is 18.9 Å². The lowest BCUT2D eigenvalue weighted by atomic mass is 9.81. The Hall–Kier alpha value is -1.84. The summed E-state index contributed by atoms with van der Waals surface area (Å²) in [4.78, 5) is 0. The third kappa shape index (κ3) is 4.72. The molecule has 1 radical (unpaired) electrons. The van der Waals surface area contributed by atoms with Crippen molar-refractivity contribution in [3.8, 4) is 11.1 Å². The van der Waals surface area contributed by atoms with Crippen LogP contribution in [0.2, 0.25) is 0 Å². The molecule has 27 heavy (non-hydrogen) atoms. The predicted molar refractivity (Wildman–Crippen MR) is 96.3 cm³/mol. The Bertz CT molecular complexity index is 804. The number of aliphatic hydroxyl groups is 1. The summed E-state index contributed by atoms with van der Waals surface area (Å²) in [7, 11) is 2.53.